The van der Waals surface area contributed by atoms with Crippen LogP contribution in [0.5, 0.6) is 0 Å². The van der Waals surface area contributed by atoms with Crippen molar-refractivity contribution in [2.24, 2.45) is 0 Å². The SMILES string of the molecule is CNc1ccccc1NCCNc1ccccc1N. The molecule has 2 aromatic rings. The summed E-state index contributed by atoms with van der Waals surface area (Å²) in [5.74, 6) is 0. The maximum Gasteiger partial charge on any atom is 0.0576 e. The Morgan fingerprint density at radius 1 is 0.789 bits per heavy atom. The molecule has 4 heteroatoms. The molecule has 100 valence electrons. The van der Waals surface area contributed by atoms with E-state index in [0.29, 0.717) is 0 Å². The molecular weight excluding hydrogens is 236 g/mol. The van der Waals surface area contributed by atoms with Crippen LogP contribution in [0.3, 0.4) is 0 Å². The maximum atomic E-state index is 5.87. The molecule has 0 unspecified atom stereocenters. The number of nitrogens with one attached hydrogen (secondary N) is 3. The van der Waals surface area contributed by atoms with Crippen LogP contribution < -0.4 is 21.7 Å². The van der Waals surface area contributed by atoms with Gasteiger partial charge in [0.05, 0.1) is 22.7 Å². The zero-order valence-electron chi connectivity index (χ0n) is 11.1. The van der Waals surface area contributed by atoms with E-state index in [1.54, 1.807) is 0 Å². The Hall–Kier alpha value is -2.36. The van der Waals surface area contributed by atoms with E-state index in [4.69, 9.17) is 5.73 Å². The fourth-order valence-electron chi connectivity index (χ4n) is 1.91. The minimum absolute atomic E-state index is 0.776. The van der Waals surface area contributed by atoms with Gasteiger partial charge in [0.1, 0.15) is 0 Å². The number of hydrogen-bond donors (Lipinski definition) is 4. The summed E-state index contributed by atoms with van der Waals surface area (Å²) in [6.07, 6.45) is 0. The van der Waals surface area contributed by atoms with Crippen molar-refractivity contribution in [2.75, 3.05) is 41.8 Å². The minimum atomic E-state index is 0.776. The van der Waals surface area contributed by atoms with Gasteiger partial charge in [-0.3, -0.25) is 0 Å². The first-order valence-corrected chi connectivity index (χ1v) is 6.40. The van der Waals surface area contributed by atoms with Crippen molar-refractivity contribution in [1.82, 2.24) is 0 Å². The van der Waals surface area contributed by atoms with Crippen LogP contribution in [-0.2, 0) is 0 Å². The van der Waals surface area contributed by atoms with Crippen LogP contribution in [0.2, 0.25) is 0 Å². The number of anilines is 4. The number of benzene rings is 2. The number of nitrogens with two attached hydrogens (primary N) is 1. The summed E-state index contributed by atoms with van der Waals surface area (Å²) in [7, 11) is 1.92. The quantitative estimate of drug-likeness (QED) is 0.474. The van der Waals surface area contributed by atoms with Gasteiger partial charge in [-0.15, -0.1) is 0 Å². The smallest absolute Gasteiger partial charge is 0.0576 e. The van der Waals surface area contributed by atoms with E-state index in [1.807, 2.05) is 49.5 Å². The number of para-hydroxylation sites is 4. The van der Waals surface area contributed by atoms with Crippen LogP contribution in [0, 0.1) is 0 Å². The largest absolute Gasteiger partial charge is 0.397 e. The lowest BCUT2D eigenvalue weighted by atomic mass is 10.2. The minimum Gasteiger partial charge on any atom is -0.397 e. The van der Waals surface area contributed by atoms with Crippen molar-refractivity contribution < 1.29 is 0 Å². The summed E-state index contributed by atoms with van der Waals surface area (Å²) in [6.45, 7) is 1.64. The van der Waals surface area contributed by atoms with Crippen molar-refractivity contribution in [2.45, 2.75) is 0 Å². The lowest BCUT2D eigenvalue weighted by Crippen LogP contribution is -2.15. The van der Waals surface area contributed by atoms with Crippen LogP contribution >= 0.6 is 0 Å². The first kappa shape index (κ1) is 13.1. The summed E-state index contributed by atoms with van der Waals surface area (Å²) >= 11 is 0. The van der Waals surface area contributed by atoms with Gasteiger partial charge in [0.25, 0.3) is 0 Å². The molecule has 0 aliphatic carbocycles. The molecule has 0 bridgehead atoms. The van der Waals surface area contributed by atoms with Crippen molar-refractivity contribution in [3.8, 4) is 0 Å². The predicted molar refractivity (Wildman–Crippen MR) is 83.8 cm³/mol. The molecule has 2 rings (SSSR count). The Kier molecular flexibility index (Phi) is 4.50. The molecule has 5 N–H and O–H groups in total. The van der Waals surface area contributed by atoms with Crippen molar-refractivity contribution in [3.05, 3.63) is 48.5 Å². The van der Waals surface area contributed by atoms with E-state index in [0.717, 1.165) is 35.8 Å². The van der Waals surface area contributed by atoms with Gasteiger partial charge in [-0.2, -0.15) is 0 Å². The highest BCUT2D eigenvalue weighted by Crippen LogP contribution is 2.20. The maximum absolute atomic E-state index is 5.87. The molecule has 2 aromatic carbocycles. The lowest BCUT2D eigenvalue weighted by Gasteiger charge is -2.13. The molecule has 0 fully saturated rings. The summed E-state index contributed by atoms with van der Waals surface area (Å²) < 4.78 is 0. The summed E-state index contributed by atoms with van der Waals surface area (Å²) in [5, 5.41) is 9.86. The van der Waals surface area contributed by atoms with Gasteiger partial charge in [-0.25, -0.2) is 0 Å². The molecule has 19 heavy (non-hydrogen) atoms. The second-order valence-electron chi connectivity index (χ2n) is 4.24. The zero-order valence-corrected chi connectivity index (χ0v) is 11.1. The van der Waals surface area contributed by atoms with Crippen LogP contribution in [0.4, 0.5) is 22.7 Å². The van der Waals surface area contributed by atoms with E-state index in [-0.39, 0.29) is 0 Å². The molecule has 4 nitrogen and oxygen atoms in total. The van der Waals surface area contributed by atoms with E-state index < -0.39 is 0 Å². The third-order valence-corrected chi connectivity index (χ3v) is 2.91. The number of nitrogen functional groups attached to an aromatic ring is 1. The molecule has 0 saturated carbocycles. The highest BCUT2D eigenvalue weighted by atomic mass is 15.0. The molecule has 0 spiro atoms. The lowest BCUT2D eigenvalue weighted by molar-refractivity contribution is 1.08. The van der Waals surface area contributed by atoms with Gasteiger partial charge in [0.2, 0.25) is 0 Å². The van der Waals surface area contributed by atoms with E-state index in [2.05, 4.69) is 22.0 Å². The summed E-state index contributed by atoms with van der Waals surface area (Å²) in [4.78, 5) is 0. The zero-order chi connectivity index (χ0) is 13.5. The van der Waals surface area contributed by atoms with Crippen LogP contribution in [-0.4, -0.2) is 20.1 Å². The Bertz CT molecular complexity index is 525. The molecule has 0 amide bonds. The molecule has 0 atom stereocenters. The first-order valence-electron chi connectivity index (χ1n) is 6.40. The third-order valence-electron chi connectivity index (χ3n) is 2.91. The third kappa shape index (κ3) is 3.55. The van der Waals surface area contributed by atoms with Gasteiger partial charge in [0, 0.05) is 20.1 Å². The monoisotopic (exact) mass is 256 g/mol. The molecule has 0 radical (unpaired) electrons. The Morgan fingerprint density at radius 3 is 1.95 bits per heavy atom. The van der Waals surface area contributed by atoms with E-state index in [9.17, 15) is 0 Å². The van der Waals surface area contributed by atoms with Crippen LogP contribution in [0.1, 0.15) is 0 Å². The highest BCUT2D eigenvalue weighted by molar-refractivity contribution is 5.68. The fraction of sp³-hybridized carbons (Fsp3) is 0.200. The summed E-state index contributed by atoms with van der Waals surface area (Å²) in [6, 6.07) is 15.9. The Labute approximate surface area is 114 Å². The molecule has 0 aliphatic heterocycles. The molecule has 0 aromatic heterocycles. The Balaban J connectivity index is 1.83. The molecule has 0 saturated heterocycles. The normalized spacial score (nSPS) is 9.95. The van der Waals surface area contributed by atoms with Gasteiger partial charge < -0.3 is 21.7 Å². The van der Waals surface area contributed by atoms with Crippen molar-refractivity contribution in [3.63, 3.8) is 0 Å². The summed E-state index contributed by atoms with van der Waals surface area (Å²) in [5.41, 5.74) is 9.82. The number of rotatable bonds is 6. The van der Waals surface area contributed by atoms with E-state index in [1.165, 1.54) is 0 Å². The van der Waals surface area contributed by atoms with Crippen LogP contribution in [0.15, 0.2) is 48.5 Å². The second kappa shape index (κ2) is 6.54. The van der Waals surface area contributed by atoms with Crippen molar-refractivity contribution in [1.29, 1.82) is 0 Å². The first-order chi connectivity index (χ1) is 9.31. The standard InChI is InChI=1S/C15H20N4/c1-17-14-8-4-5-9-15(14)19-11-10-18-13-7-3-2-6-12(13)16/h2-9,17-19H,10-11,16H2,1H3. The van der Waals surface area contributed by atoms with Gasteiger partial charge in [-0.1, -0.05) is 24.3 Å². The highest BCUT2D eigenvalue weighted by Gasteiger charge is 1.99. The Morgan fingerprint density at radius 2 is 1.32 bits per heavy atom. The van der Waals surface area contributed by atoms with E-state index >= 15 is 0 Å². The average molecular weight is 256 g/mol. The number of hydrogen-bond acceptors (Lipinski definition) is 4. The second-order valence-corrected chi connectivity index (χ2v) is 4.24. The van der Waals surface area contributed by atoms with Gasteiger partial charge >= 0.3 is 0 Å². The molecular formula is C15H20N4. The fourth-order valence-corrected chi connectivity index (χ4v) is 1.91. The van der Waals surface area contributed by atoms with Gasteiger partial charge in [0.15, 0.2) is 0 Å². The molecule has 0 heterocycles. The predicted octanol–water partition coefficient (Wildman–Crippen LogP) is 2.83. The van der Waals surface area contributed by atoms with Gasteiger partial charge in [-0.05, 0) is 24.3 Å². The average Bonchev–Trinajstić information content (AvgIpc) is 2.45. The topological polar surface area (TPSA) is 62.1 Å². The van der Waals surface area contributed by atoms with Crippen LogP contribution in [0.25, 0.3) is 0 Å². The van der Waals surface area contributed by atoms with Crippen molar-refractivity contribution >= 4 is 22.7 Å². The molecule has 0 aliphatic rings.